The highest BCUT2D eigenvalue weighted by molar-refractivity contribution is 5.20. The number of hydrogen-bond donors (Lipinski definition) is 0. The molecule has 4 saturated heterocycles. The molecule has 6 heteroatoms. The van der Waals surface area contributed by atoms with Crippen molar-refractivity contribution in [3.05, 3.63) is 35.9 Å². The first-order valence-corrected chi connectivity index (χ1v) is 10.3. The summed E-state index contributed by atoms with van der Waals surface area (Å²) in [4.78, 5) is 5.10. The van der Waals surface area contributed by atoms with Crippen LogP contribution >= 0.6 is 0 Å². The second-order valence-corrected chi connectivity index (χ2v) is 8.37. The third kappa shape index (κ3) is 5.98. The van der Waals surface area contributed by atoms with Gasteiger partial charge in [-0.3, -0.25) is 9.80 Å². The molecule has 4 heterocycles. The molecule has 1 aromatic carbocycles. The summed E-state index contributed by atoms with van der Waals surface area (Å²) in [6, 6.07) is 10.9. The first-order chi connectivity index (χ1) is 13.3. The molecule has 4 aliphatic heterocycles. The first kappa shape index (κ1) is 18.0. The average molecular weight is 374 g/mol. The van der Waals surface area contributed by atoms with Crippen molar-refractivity contribution < 1.29 is 18.9 Å². The Morgan fingerprint density at radius 1 is 0.667 bits per heavy atom. The van der Waals surface area contributed by atoms with Crippen molar-refractivity contribution in [3.63, 3.8) is 0 Å². The van der Waals surface area contributed by atoms with Crippen LogP contribution in [0.2, 0.25) is 0 Å². The van der Waals surface area contributed by atoms with Crippen LogP contribution < -0.4 is 0 Å². The molecule has 5 rings (SSSR count). The largest absolute Gasteiger partial charge is 0.372 e. The minimum absolute atomic E-state index is 0.413. The van der Waals surface area contributed by atoms with Crippen LogP contribution in [0.5, 0.6) is 0 Å². The van der Waals surface area contributed by atoms with Crippen molar-refractivity contribution in [2.24, 2.45) is 0 Å². The molecule has 27 heavy (non-hydrogen) atoms. The third-order valence-electron chi connectivity index (χ3n) is 5.68. The summed E-state index contributed by atoms with van der Waals surface area (Å²) in [6.07, 6.45) is 1.65. The normalized spacial score (nSPS) is 31.9. The zero-order valence-electron chi connectivity index (χ0n) is 15.9. The highest BCUT2D eigenvalue weighted by Crippen LogP contribution is 2.25. The fourth-order valence-electron chi connectivity index (χ4n) is 3.91. The van der Waals surface area contributed by atoms with Gasteiger partial charge in [-0.25, -0.2) is 0 Å². The van der Waals surface area contributed by atoms with Gasteiger partial charge in [-0.05, 0) is 5.56 Å². The van der Waals surface area contributed by atoms with Crippen LogP contribution in [0, 0.1) is 0 Å². The number of nitrogens with zero attached hydrogens (tertiary/aromatic N) is 2. The quantitative estimate of drug-likeness (QED) is 0.480. The summed E-state index contributed by atoms with van der Waals surface area (Å²) in [7, 11) is 0. The summed E-state index contributed by atoms with van der Waals surface area (Å²) < 4.78 is 22.0. The van der Waals surface area contributed by atoms with Gasteiger partial charge >= 0.3 is 0 Å². The molecule has 4 fully saturated rings. The van der Waals surface area contributed by atoms with Crippen molar-refractivity contribution in [2.75, 3.05) is 65.7 Å². The van der Waals surface area contributed by atoms with Crippen molar-refractivity contribution in [2.45, 2.75) is 30.3 Å². The molecule has 4 unspecified atom stereocenters. The van der Waals surface area contributed by atoms with E-state index in [1.54, 1.807) is 0 Å². The fourth-order valence-corrected chi connectivity index (χ4v) is 3.91. The number of ether oxygens (including phenoxy) is 4. The van der Waals surface area contributed by atoms with E-state index in [9.17, 15) is 0 Å². The lowest BCUT2D eigenvalue weighted by atomic mass is 9.97. The predicted molar refractivity (Wildman–Crippen MR) is 101 cm³/mol. The highest BCUT2D eigenvalue weighted by atomic mass is 16.6. The van der Waals surface area contributed by atoms with Crippen LogP contribution in [0.3, 0.4) is 0 Å². The van der Waals surface area contributed by atoms with Gasteiger partial charge in [-0.1, -0.05) is 30.3 Å². The van der Waals surface area contributed by atoms with Crippen molar-refractivity contribution in [1.29, 1.82) is 0 Å². The number of epoxide rings is 4. The molecular formula is C21H30N2O4. The number of benzene rings is 1. The smallest absolute Gasteiger partial charge is 0.0936 e. The minimum Gasteiger partial charge on any atom is -0.372 e. The van der Waals surface area contributed by atoms with E-state index in [-0.39, 0.29) is 0 Å². The van der Waals surface area contributed by atoms with Crippen LogP contribution in [-0.2, 0) is 18.9 Å². The van der Waals surface area contributed by atoms with Gasteiger partial charge in [-0.2, -0.15) is 0 Å². The Kier molecular flexibility index (Phi) is 5.45. The van der Waals surface area contributed by atoms with E-state index in [0.29, 0.717) is 30.3 Å². The standard InChI is InChI=1S/C21H30N2O4/c1-2-4-16(5-3-1)17(6-22(8-18-12-24-18)9-19-13-25-19)7-23(10-20-14-26-20)11-21-15-27-21/h1-5,17-21H,6-15H2. The molecule has 1 aromatic rings. The van der Waals surface area contributed by atoms with Gasteiger partial charge in [0.25, 0.3) is 0 Å². The Morgan fingerprint density at radius 2 is 1.04 bits per heavy atom. The van der Waals surface area contributed by atoms with Crippen molar-refractivity contribution in [1.82, 2.24) is 9.80 Å². The molecular weight excluding hydrogens is 344 g/mol. The Bertz CT molecular complexity index is 537. The molecule has 148 valence electrons. The molecule has 0 amide bonds. The van der Waals surface area contributed by atoms with Gasteiger partial charge in [0.1, 0.15) is 0 Å². The SMILES string of the molecule is c1ccc(C(CN(CC2CO2)CC2CO2)CN(CC2CO2)CC2CO2)cc1. The van der Waals surface area contributed by atoms with Gasteiger partial charge in [0, 0.05) is 45.2 Å². The second kappa shape index (κ2) is 8.15. The lowest BCUT2D eigenvalue weighted by Crippen LogP contribution is -2.41. The molecule has 0 spiro atoms. The summed E-state index contributed by atoms with van der Waals surface area (Å²) >= 11 is 0. The molecule has 4 aliphatic rings. The van der Waals surface area contributed by atoms with Crippen LogP contribution in [0.1, 0.15) is 11.5 Å². The molecule has 4 atom stereocenters. The predicted octanol–water partition coefficient (Wildman–Crippen LogP) is 0.969. The Balaban J connectivity index is 1.27. The maximum Gasteiger partial charge on any atom is 0.0936 e. The lowest BCUT2D eigenvalue weighted by Gasteiger charge is -2.31. The first-order valence-electron chi connectivity index (χ1n) is 10.3. The Labute approximate surface area is 161 Å². The number of rotatable bonds is 13. The van der Waals surface area contributed by atoms with E-state index in [0.717, 1.165) is 65.7 Å². The van der Waals surface area contributed by atoms with Gasteiger partial charge < -0.3 is 18.9 Å². The van der Waals surface area contributed by atoms with E-state index < -0.39 is 0 Å². The van der Waals surface area contributed by atoms with Gasteiger partial charge in [-0.15, -0.1) is 0 Å². The highest BCUT2D eigenvalue weighted by Gasteiger charge is 2.34. The second-order valence-electron chi connectivity index (χ2n) is 8.37. The molecule has 0 saturated carbocycles. The van der Waals surface area contributed by atoms with Crippen molar-refractivity contribution >= 4 is 0 Å². The van der Waals surface area contributed by atoms with E-state index >= 15 is 0 Å². The maximum absolute atomic E-state index is 5.51. The van der Waals surface area contributed by atoms with Crippen LogP contribution in [-0.4, -0.2) is 99.9 Å². The minimum atomic E-state index is 0.413. The van der Waals surface area contributed by atoms with E-state index in [2.05, 4.69) is 40.1 Å². The summed E-state index contributed by atoms with van der Waals surface area (Å²) in [5.74, 6) is 0.459. The molecule has 6 nitrogen and oxygen atoms in total. The molecule has 0 aliphatic carbocycles. The topological polar surface area (TPSA) is 56.6 Å². The zero-order valence-corrected chi connectivity index (χ0v) is 15.9. The molecule has 0 N–H and O–H groups in total. The summed E-state index contributed by atoms with van der Waals surface area (Å²) in [6.45, 7) is 9.76. The fraction of sp³-hybridized carbons (Fsp3) is 0.714. The molecule has 0 radical (unpaired) electrons. The van der Waals surface area contributed by atoms with E-state index in [1.807, 2.05) is 0 Å². The van der Waals surface area contributed by atoms with Crippen molar-refractivity contribution in [3.8, 4) is 0 Å². The van der Waals surface area contributed by atoms with Gasteiger partial charge in [0.15, 0.2) is 0 Å². The lowest BCUT2D eigenvalue weighted by molar-refractivity contribution is 0.170. The maximum atomic E-state index is 5.51. The summed E-state index contributed by atoms with van der Waals surface area (Å²) in [5.41, 5.74) is 1.41. The average Bonchev–Trinajstić information content (AvgIpc) is 3.52. The number of hydrogen-bond acceptors (Lipinski definition) is 6. The van der Waals surface area contributed by atoms with E-state index in [4.69, 9.17) is 18.9 Å². The Hall–Kier alpha value is -1.02. The zero-order chi connectivity index (χ0) is 18.1. The third-order valence-corrected chi connectivity index (χ3v) is 5.68. The van der Waals surface area contributed by atoms with E-state index in [1.165, 1.54) is 5.56 Å². The van der Waals surface area contributed by atoms with Crippen LogP contribution in [0.15, 0.2) is 30.3 Å². The van der Waals surface area contributed by atoms with Crippen LogP contribution in [0.4, 0.5) is 0 Å². The van der Waals surface area contributed by atoms with Gasteiger partial charge in [0.2, 0.25) is 0 Å². The van der Waals surface area contributed by atoms with Gasteiger partial charge in [0.05, 0.1) is 50.8 Å². The molecule has 0 bridgehead atoms. The monoisotopic (exact) mass is 374 g/mol. The Morgan fingerprint density at radius 3 is 1.37 bits per heavy atom. The summed E-state index contributed by atoms with van der Waals surface area (Å²) in [5, 5.41) is 0. The molecule has 0 aromatic heterocycles. The van der Waals surface area contributed by atoms with Crippen LogP contribution in [0.25, 0.3) is 0 Å².